The highest BCUT2D eigenvalue weighted by molar-refractivity contribution is 5.99. The van der Waals surface area contributed by atoms with Gasteiger partial charge in [0.1, 0.15) is 5.58 Å². The summed E-state index contributed by atoms with van der Waals surface area (Å²) < 4.78 is 5.42. The first-order valence-electron chi connectivity index (χ1n) is 4.72. The molecule has 1 aromatic carbocycles. The average Bonchev–Trinajstić information content (AvgIpc) is 2.59. The molecule has 0 fully saturated rings. The summed E-state index contributed by atoms with van der Waals surface area (Å²) in [4.78, 5) is 11.2. The van der Waals surface area contributed by atoms with Gasteiger partial charge in [0.25, 0.3) is 0 Å². The minimum absolute atomic E-state index is 0.184. The Morgan fingerprint density at radius 2 is 2.20 bits per heavy atom. The maximum Gasteiger partial charge on any atom is 0.250 e. The second-order valence-electron chi connectivity index (χ2n) is 3.14. The van der Waals surface area contributed by atoms with E-state index < -0.39 is 0 Å². The number of hydrogen-bond donors (Lipinski definition) is 1. The van der Waals surface area contributed by atoms with Crippen LogP contribution < -0.4 is 5.32 Å². The molecule has 76 valence electrons. The number of benzene rings is 1. The molecule has 0 bridgehead atoms. The van der Waals surface area contributed by atoms with E-state index in [1.54, 1.807) is 19.1 Å². The SMILES string of the molecule is CC=CC(=O)Nc1cc2ccccc2o1. The predicted octanol–water partition coefficient (Wildman–Crippen LogP) is 2.95. The van der Waals surface area contributed by atoms with Gasteiger partial charge in [-0.15, -0.1) is 0 Å². The first-order valence-corrected chi connectivity index (χ1v) is 4.72. The Kier molecular flexibility index (Phi) is 2.54. The lowest BCUT2D eigenvalue weighted by molar-refractivity contribution is -0.112. The number of nitrogens with one attached hydrogen (secondary N) is 1. The molecule has 0 aliphatic heterocycles. The fraction of sp³-hybridized carbons (Fsp3) is 0.0833. The van der Waals surface area contributed by atoms with Crippen LogP contribution in [0.2, 0.25) is 0 Å². The van der Waals surface area contributed by atoms with Gasteiger partial charge in [0, 0.05) is 11.5 Å². The largest absolute Gasteiger partial charge is 0.440 e. The molecule has 0 atom stereocenters. The third-order valence-corrected chi connectivity index (χ3v) is 1.99. The molecule has 2 aromatic rings. The molecule has 0 aliphatic carbocycles. The molecule has 0 radical (unpaired) electrons. The van der Waals surface area contributed by atoms with Crippen molar-refractivity contribution in [1.29, 1.82) is 0 Å². The van der Waals surface area contributed by atoms with E-state index in [4.69, 9.17) is 4.42 Å². The van der Waals surface area contributed by atoms with Crippen LogP contribution in [0.4, 0.5) is 5.88 Å². The fourth-order valence-electron chi connectivity index (χ4n) is 1.36. The van der Waals surface area contributed by atoms with Crippen molar-refractivity contribution >= 4 is 22.8 Å². The summed E-state index contributed by atoms with van der Waals surface area (Å²) in [6, 6.07) is 9.42. The number of fused-ring (bicyclic) bond motifs is 1. The van der Waals surface area contributed by atoms with Crippen LogP contribution in [0, 0.1) is 0 Å². The lowest BCUT2D eigenvalue weighted by atomic mass is 10.3. The minimum Gasteiger partial charge on any atom is -0.440 e. The Bertz CT molecular complexity index is 478. The molecule has 2 rings (SSSR count). The van der Waals surface area contributed by atoms with Crippen LogP contribution in [0.25, 0.3) is 11.0 Å². The van der Waals surface area contributed by atoms with Crippen molar-refractivity contribution in [2.24, 2.45) is 0 Å². The van der Waals surface area contributed by atoms with Crippen LogP contribution >= 0.6 is 0 Å². The van der Waals surface area contributed by atoms with E-state index in [1.807, 2.05) is 24.3 Å². The summed E-state index contributed by atoms with van der Waals surface area (Å²) in [5.74, 6) is 0.288. The van der Waals surface area contributed by atoms with E-state index in [0.29, 0.717) is 5.88 Å². The summed E-state index contributed by atoms with van der Waals surface area (Å²) in [5.41, 5.74) is 0.772. The predicted molar refractivity (Wildman–Crippen MR) is 59.7 cm³/mol. The molecule has 3 nitrogen and oxygen atoms in total. The topological polar surface area (TPSA) is 42.2 Å². The number of anilines is 1. The molecule has 1 amide bonds. The number of para-hydroxylation sites is 1. The number of furan rings is 1. The molecule has 15 heavy (non-hydrogen) atoms. The van der Waals surface area contributed by atoms with Gasteiger partial charge >= 0.3 is 0 Å². The second kappa shape index (κ2) is 4.00. The zero-order chi connectivity index (χ0) is 10.7. The molecule has 0 unspecified atom stereocenters. The highest BCUT2D eigenvalue weighted by atomic mass is 16.4. The smallest absolute Gasteiger partial charge is 0.250 e. The second-order valence-corrected chi connectivity index (χ2v) is 3.14. The van der Waals surface area contributed by atoms with Crippen LogP contribution in [-0.4, -0.2) is 5.91 Å². The molecule has 0 saturated carbocycles. The highest BCUT2D eigenvalue weighted by Gasteiger charge is 2.04. The van der Waals surface area contributed by atoms with E-state index in [9.17, 15) is 4.79 Å². The van der Waals surface area contributed by atoms with Crippen LogP contribution in [0.1, 0.15) is 6.92 Å². The Balaban J connectivity index is 2.26. The normalized spacial score (nSPS) is 11.0. The van der Waals surface area contributed by atoms with Crippen molar-refractivity contribution in [1.82, 2.24) is 0 Å². The van der Waals surface area contributed by atoms with Crippen molar-refractivity contribution < 1.29 is 9.21 Å². The van der Waals surface area contributed by atoms with Crippen molar-refractivity contribution in [3.05, 3.63) is 42.5 Å². The Hall–Kier alpha value is -2.03. The molecule has 3 heteroatoms. The summed E-state index contributed by atoms with van der Waals surface area (Å²) >= 11 is 0. The first kappa shape index (κ1) is 9.52. The van der Waals surface area contributed by atoms with Gasteiger partial charge in [-0.2, -0.15) is 0 Å². The van der Waals surface area contributed by atoms with Crippen molar-refractivity contribution in [3.8, 4) is 0 Å². The Labute approximate surface area is 87.4 Å². The van der Waals surface area contributed by atoms with E-state index >= 15 is 0 Å². The monoisotopic (exact) mass is 201 g/mol. The van der Waals surface area contributed by atoms with Gasteiger partial charge < -0.3 is 4.42 Å². The zero-order valence-corrected chi connectivity index (χ0v) is 8.36. The number of carbonyl (C=O) groups is 1. The highest BCUT2D eigenvalue weighted by Crippen LogP contribution is 2.22. The van der Waals surface area contributed by atoms with Crippen LogP contribution in [0.15, 0.2) is 46.9 Å². The Morgan fingerprint density at radius 1 is 1.40 bits per heavy atom. The maximum atomic E-state index is 11.2. The van der Waals surface area contributed by atoms with Crippen LogP contribution in [-0.2, 0) is 4.79 Å². The quantitative estimate of drug-likeness (QED) is 0.759. The summed E-state index contributed by atoms with van der Waals surface area (Å²) in [7, 11) is 0. The number of hydrogen-bond acceptors (Lipinski definition) is 2. The summed E-state index contributed by atoms with van der Waals surface area (Å²) in [6.07, 6.45) is 3.13. The lowest BCUT2D eigenvalue weighted by Gasteiger charge is -1.94. The number of amides is 1. The van der Waals surface area contributed by atoms with Crippen LogP contribution in [0.5, 0.6) is 0 Å². The molecule has 0 spiro atoms. The van der Waals surface area contributed by atoms with Crippen LogP contribution in [0.3, 0.4) is 0 Å². The lowest BCUT2D eigenvalue weighted by Crippen LogP contribution is -2.06. The molecule has 0 aliphatic rings. The molecule has 1 N–H and O–H groups in total. The van der Waals surface area contributed by atoms with Gasteiger partial charge in [-0.1, -0.05) is 24.3 Å². The molecule has 1 heterocycles. The van der Waals surface area contributed by atoms with Crippen molar-refractivity contribution in [2.75, 3.05) is 5.32 Å². The first-order chi connectivity index (χ1) is 7.29. The molecule has 1 aromatic heterocycles. The van der Waals surface area contributed by atoms with Crippen molar-refractivity contribution in [2.45, 2.75) is 6.92 Å². The minimum atomic E-state index is -0.184. The summed E-state index contributed by atoms with van der Waals surface area (Å²) in [6.45, 7) is 1.79. The number of rotatable bonds is 2. The number of allylic oxidation sites excluding steroid dienone is 1. The van der Waals surface area contributed by atoms with E-state index in [1.165, 1.54) is 6.08 Å². The summed E-state index contributed by atoms with van der Waals surface area (Å²) in [5, 5.41) is 3.62. The van der Waals surface area contributed by atoms with Crippen molar-refractivity contribution in [3.63, 3.8) is 0 Å². The maximum absolute atomic E-state index is 11.2. The van der Waals surface area contributed by atoms with E-state index in [2.05, 4.69) is 5.32 Å². The van der Waals surface area contributed by atoms with Gasteiger partial charge in [0.2, 0.25) is 11.8 Å². The van der Waals surface area contributed by atoms with Gasteiger partial charge in [0.15, 0.2) is 0 Å². The standard InChI is InChI=1S/C12H11NO2/c1-2-5-11(14)13-12-8-9-6-3-4-7-10(9)15-12/h2-8H,1H3,(H,13,14). The van der Waals surface area contributed by atoms with Gasteiger partial charge in [0.05, 0.1) is 0 Å². The van der Waals surface area contributed by atoms with Gasteiger partial charge in [-0.05, 0) is 19.1 Å². The van der Waals surface area contributed by atoms with E-state index in [-0.39, 0.29) is 5.91 Å². The molecule has 0 saturated heterocycles. The average molecular weight is 201 g/mol. The fourth-order valence-corrected chi connectivity index (χ4v) is 1.36. The third kappa shape index (κ3) is 2.07. The van der Waals surface area contributed by atoms with Gasteiger partial charge in [-0.3, -0.25) is 10.1 Å². The van der Waals surface area contributed by atoms with E-state index in [0.717, 1.165) is 11.0 Å². The van der Waals surface area contributed by atoms with Gasteiger partial charge in [-0.25, -0.2) is 0 Å². The third-order valence-electron chi connectivity index (χ3n) is 1.99. The molecular weight excluding hydrogens is 190 g/mol. The number of carbonyl (C=O) groups excluding carboxylic acids is 1. The Morgan fingerprint density at radius 3 is 2.93 bits per heavy atom. The zero-order valence-electron chi connectivity index (χ0n) is 8.36. The molecular formula is C12H11NO2.